The van der Waals surface area contributed by atoms with Crippen LogP contribution in [0.5, 0.6) is 0 Å². The largest absolute Gasteiger partial charge is 0.448 e. The summed E-state index contributed by atoms with van der Waals surface area (Å²) < 4.78 is 4.92. The highest BCUT2D eigenvalue weighted by Crippen LogP contribution is 2.06. The first kappa shape index (κ1) is 9.32. The predicted octanol–water partition coefficient (Wildman–Crippen LogP) is 0.484. The molecule has 1 fully saturated rings. The minimum Gasteiger partial charge on any atom is -0.448 e. The van der Waals surface area contributed by atoms with Crippen molar-refractivity contribution in [1.29, 1.82) is 0 Å². The smallest absolute Gasteiger partial charge is 0.406 e. The third-order valence-electron chi connectivity index (χ3n) is 2.03. The zero-order valence-electron chi connectivity index (χ0n) is 7.43. The average Bonchev–Trinajstić information content (AvgIpc) is 2.16. The molecule has 0 aromatic heterocycles. The van der Waals surface area contributed by atoms with Gasteiger partial charge in [-0.25, -0.2) is 4.79 Å². The number of carbonyl (C=O) groups excluding carboxylic acids is 1. The second-order valence-electron chi connectivity index (χ2n) is 3.00. The fourth-order valence-corrected chi connectivity index (χ4v) is 1.31. The van der Waals surface area contributed by atoms with E-state index in [9.17, 15) is 4.79 Å². The third kappa shape index (κ3) is 3.09. The van der Waals surface area contributed by atoms with Crippen LogP contribution in [0.4, 0.5) is 4.79 Å². The molecule has 1 rings (SSSR count). The van der Waals surface area contributed by atoms with Crippen LogP contribution in [0.1, 0.15) is 19.3 Å². The number of amides is 1. The molecule has 0 aromatic rings. The lowest BCUT2D eigenvalue weighted by Crippen LogP contribution is -2.39. The van der Waals surface area contributed by atoms with Crippen LogP contribution in [0.3, 0.4) is 0 Å². The van der Waals surface area contributed by atoms with Gasteiger partial charge in [-0.05, 0) is 19.4 Å². The van der Waals surface area contributed by atoms with Crippen LogP contribution in [0.25, 0.3) is 0 Å². The van der Waals surface area contributed by atoms with E-state index in [1.807, 2.05) is 0 Å². The van der Waals surface area contributed by atoms with Gasteiger partial charge in [0.15, 0.2) is 0 Å². The van der Waals surface area contributed by atoms with E-state index < -0.39 is 0 Å². The normalized spacial score (nSPS) is 23.2. The van der Waals surface area contributed by atoms with Crippen LogP contribution < -0.4 is 10.6 Å². The maximum Gasteiger partial charge on any atom is 0.406 e. The molecule has 1 unspecified atom stereocenters. The summed E-state index contributed by atoms with van der Waals surface area (Å²) in [6.07, 6.45) is 3.23. The average molecular weight is 172 g/mol. The number of carbonyl (C=O) groups is 1. The molecule has 0 spiro atoms. The van der Waals surface area contributed by atoms with Gasteiger partial charge in [0.25, 0.3) is 0 Å². The molecule has 1 saturated heterocycles. The molecule has 12 heavy (non-hydrogen) atoms. The number of nitrogens with one attached hydrogen (secondary N) is 2. The SMILES string of the molecule is CNC(=O)OCC1CCCCN1. The van der Waals surface area contributed by atoms with E-state index in [1.54, 1.807) is 7.05 Å². The second-order valence-corrected chi connectivity index (χ2v) is 3.00. The van der Waals surface area contributed by atoms with Gasteiger partial charge in [-0.3, -0.25) is 0 Å². The molecule has 70 valence electrons. The summed E-state index contributed by atoms with van der Waals surface area (Å²) in [6.45, 7) is 1.53. The quantitative estimate of drug-likeness (QED) is 0.637. The van der Waals surface area contributed by atoms with Gasteiger partial charge in [-0.2, -0.15) is 0 Å². The summed E-state index contributed by atoms with van der Waals surface area (Å²) in [5, 5.41) is 5.71. The molecular weight excluding hydrogens is 156 g/mol. The Bertz CT molecular complexity index is 144. The van der Waals surface area contributed by atoms with Crippen LogP contribution in [0.15, 0.2) is 0 Å². The summed E-state index contributed by atoms with van der Waals surface area (Å²) in [7, 11) is 1.57. The molecule has 1 aliphatic heterocycles. The molecule has 4 nitrogen and oxygen atoms in total. The topological polar surface area (TPSA) is 50.4 Å². The standard InChI is InChI=1S/C8H16N2O2/c1-9-8(11)12-6-7-4-2-3-5-10-7/h7,10H,2-6H2,1H3,(H,9,11). The summed E-state index contributed by atoms with van der Waals surface area (Å²) in [4.78, 5) is 10.7. The van der Waals surface area contributed by atoms with E-state index >= 15 is 0 Å². The van der Waals surface area contributed by atoms with E-state index in [-0.39, 0.29) is 6.09 Å². The van der Waals surface area contributed by atoms with Crippen molar-refractivity contribution in [3.8, 4) is 0 Å². The van der Waals surface area contributed by atoms with Crippen molar-refractivity contribution in [2.45, 2.75) is 25.3 Å². The van der Waals surface area contributed by atoms with Crippen molar-refractivity contribution in [3.63, 3.8) is 0 Å². The summed E-state index contributed by atoms with van der Waals surface area (Å²) >= 11 is 0. The van der Waals surface area contributed by atoms with Crippen LogP contribution in [-0.4, -0.2) is 32.3 Å². The lowest BCUT2D eigenvalue weighted by molar-refractivity contribution is 0.130. The number of ether oxygens (including phenoxy) is 1. The first-order valence-corrected chi connectivity index (χ1v) is 4.41. The van der Waals surface area contributed by atoms with Gasteiger partial charge in [-0.15, -0.1) is 0 Å². The fraction of sp³-hybridized carbons (Fsp3) is 0.875. The first-order valence-electron chi connectivity index (χ1n) is 4.41. The van der Waals surface area contributed by atoms with E-state index in [1.165, 1.54) is 12.8 Å². The molecule has 4 heteroatoms. The zero-order chi connectivity index (χ0) is 8.81. The Morgan fingerprint density at radius 1 is 1.67 bits per heavy atom. The lowest BCUT2D eigenvalue weighted by atomic mass is 10.1. The number of hydrogen-bond donors (Lipinski definition) is 2. The van der Waals surface area contributed by atoms with Crippen LogP contribution in [0.2, 0.25) is 0 Å². The molecule has 2 N–H and O–H groups in total. The maximum absolute atomic E-state index is 10.7. The van der Waals surface area contributed by atoms with E-state index in [4.69, 9.17) is 4.74 Å². The number of rotatable bonds is 2. The van der Waals surface area contributed by atoms with Gasteiger partial charge in [0.1, 0.15) is 6.61 Å². The van der Waals surface area contributed by atoms with Crippen LogP contribution in [-0.2, 0) is 4.74 Å². The Balaban J connectivity index is 2.09. The number of hydrogen-bond acceptors (Lipinski definition) is 3. The highest BCUT2D eigenvalue weighted by atomic mass is 16.5. The van der Waals surface area contributed by atoms with Crippen LogP contribution in [0, 0.1) is 0 Å². The summed E-state index contributed by atoms with van der Waals surface area (Å²) in [5.74, 6) is 0. The molecule has 1 aliphatic rings. The third-order valence-corrected chi connectivity index (χ3v) is 2.03. The van der Waals surface area contributed by atoms with Gasteiger partial charge >= 0.3 is 6.09 Å². The highest BCUT2D eigenvalue weighted by Gasteiger charge is 2.13. The minimum absolute atomic E-state index is 0.345. The molecule has 0 bridgehead atoms. The molecule has 0 radical (unpaired) electrons. The molecule has 1 heterocycles. The van der Waals surface area contributed by atoms with Crippen molar-refractivity contribution in [2.24, 2.45) is 0 Å². The van der Waals surface area contributed by atoms with E-state index in [2.05, 4.69) is 10.6 Å². The van der Waals surface area contributed by atoms with Crippen LogP contribution >= 0.6 is 0 Å². The molecular formula is C8H16N2O2. The van der Waals surface area contributed by atoms with Gasteiger partial charge in [0.05, 0.1) is 0 Å². The van der Waals surface area contributed by atoms with Gasteiger partial charge in [0, 0.05) is 13.1 Å². The summed E-state index contributed by atoms with van der Waals surface area (Å²) in [6, 6.07) is 0.357. The zero-order valence-corrected chi connectivity index (χ0v) is 7.43. The molecule has 0 saturated carbocycles. The van der Waals surface area contributed by atoms with Gasteiger partial charge in [-0.1, -0.05) is 6.42 Å². The molecule has 1 amide bonds. The summed E-state index contributed by atoms with van der Waals surface area (Å²) in [5.41, 5.74) is 0. The Hall–Kier alpha value is -0.770. The fourth-order valence-electron chi connectivity index (χ4n) is 1.31. The lowest BCUT2D eigenvalue weighted by Gasteiger charge is -2.22. The van der Waals surface area contributed by atoms with E-state index in [0.717, 1.165) is 13.0 Å². The molecule has 0 aliphatic carbocycles. The van der Waals surface area contributed by atoms with E-state index in [0.29, 0.717) is 12.6 Å². The maximum atomic E-state index is 10.7. The monoisotopic (exact) mass is 172 g/mol. The Morgan fingerprint density at radius 2 is 2.50 bits per heavy atom. The Morgan fingerprint density at radius 3 is 3.08 bits per heavy atom. The van der Waals surface area contributed by atoms with Crippen molar-refractivity contribution in [2.75, 3.05) is 20.2 Å². The Kier molecular flexibility index (Phi) is 3.87. The van der Waals surface area contributed by atoms with Crippen molar-refractivity contribution < 1.29 is 9.53 Å². The highest BCUT2D eigenvalue weighted by molar-refractivity contribution is 5.66. The first-order chi connectivity index (χ1) is 5.83. The molecule has 1 atom stereocenters. The number of piperidine rings is 1. The second kappa shape index (κ2) is 4.98. The van der Waals surface area contributed by atoms with Crippen molar-refractivity contribution in [1.82, 2.24) is 10.6 Å². The minimum atomic E-state index is -0.345. The number of alkyl carbamates (subject to hydrolysis) is 1. The van der Waals surface area contributed by atoms with Gasteiger partial charge in [0.2, 0.25) is 0 Å². The molecule has 0 aromatic carbocycles. The van der Waals surface area contributed by atoms with Gasteiger partial charge < -0.3 is 15.4 Å². The Labute approximate surface area is 72.7 Å². The van der Waals surface area contributed by atoms with Crippen molar-refractivity contribution >= 4 is 6.09 Å². The van der Waals surface area contributed by atoms with Crippen molar-refractivity contribution in [3.05, 3.63) is 0 Å². The predicted molar refractivity (Wildman–Crippen MR) is 46.0 cm³/mol.